The molecule has 0 saturated heterocycles. The summed E-state index contributed by atoms with van der Waals surface area (Å²) in [7, 11) is 0. The van der Waals surface area contributed by atoms with Crippen LogP contribution in [0.3, 0.4) is 0 Å². The number of benzene rings is 18. The Morgan fingerprint density at radius 2 is 0.515 bits per heavy atom. The maximum Gasteiger partial charge on any atom is 0.417 e. The minimum absolute atomic E-state index is 0.0736. The Labute approximate surface area is 746 Å². The lowest BCUT2D eigenvalue weighted by Gasteiger charge is -2.22. The summed E-state index contributed by atoms with van der Waals surface area (Å²) in [6.07, 6.45) is -9.15. The molecule has 4 heterocycles. The summed E-state index contributed by atoms with van der Waals surface area (Å²) in [6, 6.07) is 126. The van der Waals surface area contributed by atoms with Gasteiger partial charge in [-0.25, -0.2) is 0 Å². The van der Waals surface area contributed by atoms with Gasteiger partial charge in [-0.2, -0.15) is 36.9 Å². The number of para-hydroxylation sites is 1. The molecule has 0 spiro atoms. The Morgan fingerprint density at radius 3 is 0.923 bits per heavy atom. The predicted molar refractivity (Wildman–Crippen MR) is 520 cm³/mol. The molecule has 0 atom stereocenters. The second kappa shape index (κ2) is 31.1. The molecule has 22 aromatic rings. The van der Waals surface area contributed by atoms with Gasteiger partial charge in [-0.05, 0) is 215 Å². The fourth-order valence-electron chi connectivity index (χ4n) is 20.1. The van der Waals surface area contributed by atoms with Crippen molar-refractivity contribution >= 4 is 87.2 Å². The summed E-state index contributed by atoms with van der Waals surface area (Å²) in [5.74, 6) is 0. The topological polar surface area (TPSA) is 67.3 Å². The van der Waals surface area contributed by atoms with E-state index in [1.54, 1.807) is 30.3 Å². The van der Waals surface area contributed by atoms with Gasteiger partial charge in [-0.3, -0.25) is 0 Å². The number of hydrogen-bond acceptors (Lipinski definition) is 2. The highest BCUT2D eigenvalue weighted by Gasteiger charge is 2.38. The van der Waals surface area contributed by atoms with Crippen LogP contribution < -0.4 is 0 Å². The van der Waals surface area contributed by atoms with Crippen LogP contribution in [-0.4, -0.2) is 18.3 Å². The summed E-state index contributed by atoms with van der Waals surface area (Å²) in [5.41, 5.74) is 24.8. The Kier molecular flexibility index (Phi) is 19.0. The van der Waals surface area contributed by atoms with Gasteiger partial charge in [0, 0.05) is 54.2 Å². The Bertz CT molecular complexity index is 8500. The number of fused-ring (bicyclic) bond motifs is 12. The highest BCUT2D eigenvalue weighted by Crippen LogP contribution is 2.51. The molecule has 18 aromatic carbocycles. The van der Waals surface area contributed by atoms with E-state index in [1.165, 1.54) is 24.3 Å². The fourth-order valence-corrected chi connectivity index (χ4v) is 20.1. The largest absolute Gasteiger partial charge is 0.417 e. The van der Waals surface area contributed by atoms with Gasteiger partial charge in [0.25, 0.3) is 0 Å². The smallest absolute Gasteiger partial charge is 0.308 e. The number of nitrogens with zero attached hydrogens (tertiary/aromatic N) is 6. The Hall–Kier alpha value is -16.3. The van der Waals surface area contributed by atoms with Crippen molar-refractivity contribution in [2.75, 3.05) is 0 Å². The van der Waals surface area contributed by atoms with Crippen molar-refractivity contribution in [1.29, 1.82) is 10.5 Å². The third-order valence-electron chi connectivity index (χ3n) is 26.0. The number of hydrogen-bond donors (Lipinski definition) is 0. The van der Waals surface area contributed by atoms with Gasteiger partial charge in [0.05, 0.1) is 78.0 Å². The molecule has 130 heavy (non-hydrogen) atoms. The molecule has 0 aliphatic rings. The molecular formula is C118H78F6N6. The van der Waals surface area contributed by atoms with E-state index >= 15 is 26.3 Å². The lowest BCUT2D eigenvalue weighted by atomic mass is 9.94. The molecule has 0 aliphatic heterocycles. The van der Waals surface area contributed by atoms with E-state index in [0.717, 1.165) is 183 Å². The lowest BCUT2D eigenvalue weighted by Crippen LogP contribution is -2.10. The van der Waals surface area contributed by atoms with E-state index in [4.69, 9.17) is 0 Å². The van der Waals surface area contributed by atoms with E-state index in [9.17, 15) is 10.5 Å². The average molecular weight is 1690 g/mol. The first kappa shape index (κ1) is 79.6. The van der Waals surface area contributed by atoms with Crippen molar-refractivity contribution < 1.29 is 26.3 Å². The van der Waals surface area contributed by atoms with E-state index in [0.29, 0.717) is 45.5 Å². The van der Waals surface area contributed by atoms with Crippen LogP contribution in [-0.2, 0) is 18.8 Å². The van der Waals surface area contributed by atoms with Crippen molar-refractivity contribution in [2.45, 2.75) is 53.4 Å². The van der Waals surface area contributed by atoms with Gasteiger partial charge in [-0.1, -0.05) is 313 Å². The molecule has 4 aromatic heterocycles. The number of alkyl halides is 6. The number of rotatable bonds is 14. The summed E-state index contributed by atoms with van der Waals surface area (Å²) in [6.45, 7) is 10.3. The summed E-state index contributed by atoms with van der Waals surface area (Å²) < 4.78 is 104. The second-order valence-corrected chi connectivity index (χ2v) is 34.3. The number of aryl methyl sites for hydroxylation is 5. The highest BCUT2D eigenvalue weighted by atomic mass is 19.4. The molecule has 0 fully saturated rings. The average Bonchev–Trinajstić information content (AvgIpc) is 1.54. The number of aromatic nitrogens is 4. The van der Waals surface area contributed by atoms with Gasteiger partial charge in [0.15, 0.2) is 0 Å². The molecule has 22 rings (SSSR count). The Morgan fingerprint density at radius 1 is 0.223 bits per heavy atom. The molecule has 0 amide bonds. The third-order valence-corrected chi connectivity index (χ3v) is 26.0. The molecule has 0 bridgehead atoms. The zero-order chi connectivity index (χ0) is 88.7. The standard InChI is InChI=1S/C118H78F6N6/c1-70-18-12-24-77(54-70)83-41-50-106-100(63-83)96-43-36-76(61-110(96)127(106)108-52-48-97(89-30-6-9-33-103(89)117(119,120)121)115(101(108)68-125)129-105-35-11-8-32-91(105)99-62-84(42-51-107(99)129)78-25-13-19-71(2)55-78)59-75-23-17-29-82(60-75)88-40-47-95-94-46-39-87(81-28-16-22-74(5)58-81)66-113(94)130(114(95)67-88)116-98(90-31-7-10-34-104(90)118(122,123)124)49-53-109(102(116)69-126)128-111-64-85(79-26-14-20-72(3)56-79)37-44-92(111)93-45-38-86(65-112(93)128)80-27-15-21-73(4)57-80/h6-58,60-67H,59H2,1-5H3. The molecule has 0 saturated carbocycles. The normalized spacial score (nSPS) is 12.0. The summed E-state index contributed by atoms with van der Waals surface area (Å²) in [4.78, 5) is 0. The molecule has 622 valence electrons. The third kappa shape index (κ3) is 13.6. The Balaban J connectivity index is 0.747. The quantitative estimate of drug-likeness (QED) is 0.102. The van der Waals surface area contributed by atoms with Crippen LogP contribution in [0.15, 0.2) is 370 Å². The van der Waals surface area contributed by atoms with Crippen LogP contribution >= 0.6 is 0 Å². The molecule has 0 unspecified atom stereocenters. The monoisotopic (exact) mass is 1690 g/mol. The van der Waals surface area contributed by atoms with Gasteiger partial charge >= 0.3 is 12.4 Å². The van der Waals surface area contributed by atoms with E-state index < -0.39 is 23.5 Å². The SMILES string of the molecule is Cc1cccc(-c2ccc3c(c2)c2ccc(Cc4cccc(-c5ccc6c7ccc(-c8cccc(C)c8)cc7n(-c7c(-c8ccccc8C(F)(F)F)ccc(-n8c9cc(-c%10cccc(C)c%10)ccc9c9ccc(-c%10cccc(C)c%10)cc98)c7C#N)c6c5)c4)cc2n3-c2ccc(-c3ccccc3C(F)(F)F)c(-n3c4ccccc4c4cc(-c5cccc(C)c5)ccc43)c2C#N)c1. The van der Waals surface area contributed by atoms with Crippen LogP contribution in [0.4, 0.5) is 26.3 Å². The zero-order valence-electron chi connectivity index (χ0n) is 71.4. The minimum atomic E-state index is -4.81. The van der Waals surface area contributed by atoms with Crippen molar-refractivity contribution in [3.05, 3.63) is 431 Å². The fraction of sp³-hybridized carbons (Fsp3) is 0.0678. The van der Waals surface area contributed by atoms with E-state index in [2.05, 4.69) is 267 Å². The van der Waals surface area contributed by atoms with Crippen molar-refractivity contribution in [1.82, 2.24) is 18.3 Å². The number of nitriles is 2. The first-order valence-electron chi connectivity index (χ1n) is 43.4. The summed E-state index contributed by atoms with van der Waals surface area (Å²) >= 11 is 0. The number of halogens is 6. The first-order valence-corrected chi connectivity index (χ1v) is 43.4. The minimum Gasteiger partial charge on any atom is -0.308 e. The second-order valence-electron chi connectivity index (χ2n) is 34.3. The maximum atomic E-state index is 16.1. The van der Waals surface area contributed by atoms with Crippen LogP contribution in [0.2, 0.25) is 0 Å². The molecule has 0 N–H and O–H groups in total. The molecule has 0 radical (unpaired) electrons. The van der Waals surface area contributed by atoms with Crippen LogP contribution in [0.5, 0.6) is 0 Å². The van der Waals surface area contributed by atoms with Crippen LogP contribution in [0, 0.1) is 57.3 Å². The highest BCUT2D eigenvalue weighted by molar-refractivity contribution is 6.16. The molecule has 6 nitrogen and oxygen atoms in total. The van der Waals surface area contributed by atoms with Crippen LogP contribution in [0.1, 0.15) is 61.2 Å². The molecular weight excluding hydrogens is 1620 g/mol. The lowest BCUT2D eigenvalue weighted by molar-refractivity contribution is -0.137. The maximum absolute atomic E-state index is 16.1. The van der Waals surface area contributed by atoms with Gasteiger partial charge in [0.2, 0.25) is 0 Å². The van der Waals surface area contributed by atoms with Gasteiger partial charge in [0.1, 0.15) is 23.3 Å². The van der Waals surface area contributed by atoms with Crippen molar-refractivity contribution in [2.24, 2.45) is 0 Å². The van der Waals surface area contributed by atoms with E-state index in [-0.39, 0.29) is 39.1 Å². The van der Waals surface area contributed by atoms with Gasteiger partial charge in [-0.15, -0.1) is 0 Å². The van der Waals surface area contributed by atoms with Crippen LogP contribution in [0.25, 0.3) is 199 Å². The predicted octanol–water partition coefficient (Wildman–Crippen LogP) is 32.3. The van der Waals surface area contributed by atoms with E-state index in [1.807, 2.05) is 101 Å². The van der Waals surface area contributed by atoms with Crippen molar-refractivity contribution in [3.63, 3.8) is 0 Å². The molecule has 12 heteroatoms. The zero-order valence-corrected chi connectivity index (χ0v) is 71.4. The van der Waals surface area contributed by atoms with Crippen molar-refractivity contribution in [3.8, 4) is 124 Å². The first-order chi connectivity index (χ1) is 63.2. The summed E-state index contributed by atoms with van der Waals surface area (Å²) in [5, 5.41) is 31.9. The molecule has 0 aliphatic carbocycles. The van der Waals surface area contributed by atoms with Gasteiger partial charge < -0.3 is 18.3 Å².